The highest BCUT2D eigenvalue weighted by Gasteiger charge is 2.15. The van der Waals surface area contributed by atoms with Gasteiger partial charge in [-0.2, -0.15) is 4.98 Å². The molecule has 2 amide bonds. The first-order valence-corrected chi connectivity index (χ1v) is 6.24. The Balaban J connectivity index is 1.88. The lowest BCUT2D eigenvalue weighted by Gasteiger charge is -2.01. The van der Waals surface area contributed by atoms with Crippen LogP contribution in [-0.4, -0.2) is 43.1 Å². The number of aromatic nitrogens is 5. The molecule has 0 spiro atoms. The molecule has 0 saturated carbocycles. The number of rotatable bonds is 5. The zero-order chi connectivity index (χ0) is 14.5. The topological polar surface area (TPSA) is 165 Å². The molecule has 11 nitrogen and oxygen atoms in total. The highest BCUT2D eigenvalue weighted by molar-refractivity contribution is 7.99. The molecule has 0 aliphatic heterocycles. The van der Waals surface area contributed by atoms with E-state index in [0.29, 0.717) is 5.16 Å². The van der Waals surface area contributed by atoms with Gasteiger partial charge in [-0.25, -0.2) is 9.73 Å². The fourth-order valence-electron chi connectivity index (χ4n) is 1.14. The minimum absolute atomic E-state index is 0.0281. The number of nitrogens with one attached hydrogen (secondary N) is 3. The monoisotopic (exact) mass is 298 g/mol. The summed E-state index contributed by atoms with van der Waals surface area (Å²) < 4.78 is 4.43. The van der Waals surface area contributed by atoms with Gasteiger partial charge in [0.1, 0.15) is 0 Å². The summed E-state index contributed by atoms with van der Waals surface area (Å²) in [6.45, 7) is 1.30. The lowest BCUT2D eigenvalue weighted by atomic mass is 10.5. The second-order valence-electron chi connectivity index (χ2n) is 3.48. The average molecular weight is 298 g/mol. The van der Waals surface area contributed by atoms with Gasteiger partial charge in [-0.05, 0) is 10.3 Å². The van der Waals surface area contributed by atoms with Crippen molar-refractivity contribution in [2.45, 2.75) is 12.1 Å². The van der Waals surface area contributed by atoms with Crippen LogP contribution in [-0.2, 0) is 9.59 Å². The number of H-pyrrole nitrogens is 1. The molecule has 20 heavy (non-hydrogen) atoms. The summed E-state index contributed by atoms with van der Waals surface area (Å²) in [5.74, 6) is -0.480. The summed E-state index contributed by atoms with van der Waals surface area (Å²) in [5.41, 5.74) is 5.35. The summed E-state index contributed by atoms with van der Waals surface area (Å²) >= 11 is 1.08. The lowest BCUT2D eigenvalue weighted by molar-refractivity contribution is -0.115. The maximum Gasteiger partial charge on any atom is 0.236 e. The third-order valence-electron chi connectivity index (χ3n) is 1.86. The molecule has 0 bridgehead atoms. The second-order valence-corrected chi connectivity index (χ2v) is 4.43. The Morgan fingerprint density at radius 3 is 2.65 bits per heavy atom. The van der Waals surface area contributed by atoms with Crippen molar-refractivity contribution in [3.63, 3.8) is 0 Å². The Morgan fingerprint density at radius 2 is 2.05 bits per heavy atom. The van der Waals surface area contributed by atoms with Crippen LogP contribution in [0.25, 0.3) is 0 Å². The van der Waals surface area contributed by atoms with Crippen LogP contribution in [0.5, 0.6) is 0 Å². The van der Waals surface area contributed by atoms with Crippen LogP contribution in [0.4, 0.5) is 17.6 Å². The molecule has 0 aliphatic rings. The zero-order valence-electron chi connectivity index (χ0n) is 10.2. The summed E-state index contributed by atoms with van der Waals surface area (Å²) in [4.78, 5) is 26.4. The maximum absolute atomic E-state index is 11.7. The van der Waals surface area contributed by atoms with Gasteiger partial charge in [0.05, 0.1) is 5.75 Å². The van der Waals surface area contributed by atoms with Crippen LogP contribution in [0.1, 0.15) is 6.92 Å². The summed E-state index contributed by atoms with van der Waals surface area (Å²) in [5, 5.41) is 18.3. The number of amides is 2. The van der Waals surface area contributed by atoms with Gasteiger partial charge in [0.15, 0.2) is 0 Å². The van der Waals surface area contributed by atoms with Crippen molar-refractivity contribution in [2.24, 2.45) is 0 Å². The van der Waals surface area contributed by atoms with E-state index >= 15 is 0 Å². The van der Waals surface area contributed by atoms with E-state index in [-0.39, 0.29) is 35.2 Å². The minimum Gasteiger partial charge on any atom is -0.368 e. The molecule has 0 fully saturated rings. The third-order valence-corrected chi connectivity index (χ3v) is 2.70. The van der Waals surface area contributed by atoms with Crippen molar-refractivity contribution in [2.75, 3.05) is 22.1 Å². The molecule has 0 aliphatic carbocycles. The van der Waals surface area contributed by atoms with Gasteiger partial charge in [0.2, 0.25) is 34.6 Å². The predicted molar refractivity (Wildman–Crippen MR) is 68.8 cm³/mol. The molecule has 2 heterocycles. The van der Waals surface area contributed by atoms with E-state index in [2.05, 4.69) is 40.8 Å². The van der Waals surface area contributed by atoms with E-state index in [1.807, 2.05) is 0 Å². The van der Waals surface area contributed by atoms with Crippen LogP contribution in [0.2, 0.25) is 0 Å². The Morgan fingerprint density at radius 1 is 1.35 bits per heavy atom. The van der Waals surface area contributed by atoms with E-state index in [9.17, 15) is 9.59 Å². The highest BCUT2D eigenvalue weighted by atomic mass is 32.2. The number of carbonyl (C=O) groups excluding carboxylic acids is 2. The molecular weight excluding hydrogens is 288 g/mol. The summed E-state index contributed by atoms with van der Waals surface area (Å²) in [6.07, 6.45) is 0. The van der Waals surface area contributed by atoms with E-state index in [1.54, 1.807) is 0 Å². The Kier molecular flexibility index (Phi) is 4.14. The number of hydrogen-bond acceptors (Lipinski definition) is 9. The molecule has 0 aromatic carbocycles. The Hall–Kier alpha value is -2.63. The van der Waals surface area contributed by atoms with E-state index in [0.717, 1.165) is 11.8 Å². The van der Waals surface area contributed by atoms with Crippen LogP contribution in [0.3, 0.4) is 0 Å². The number of nitrogens with zero attached hydrogens (tertiary/aromatic N) is 4. The standard InChI is InChI=1S/C8H10N8O3S/c1-3(17)10-5-6(16-19-15-5)11-4(18)2-20-8-12-7(9)13-14-8/h2H2,1H3,(H,10,15,17)(H,11,16,18)(H3,9,12,13,14). The highest BCUT2D eigenvalue weighted by Crippen LogP contribution is 2.17. The van der Waals surface area contributed by atoms with Gasteiger partial charge in [-0.3, -0.25) is 9.59 Å². The normalized spacial score (nSPS) is 10.2. The van der Waals surface area contributed by atoms with Crippen LogP contribution in [0, 0.1) is 0 Å². The van der Waals surface area contributed by atoms with Gasteiger partial charge >= 0.3 is 0 Å². The first-order chi connectivity index (χ1) is 9.54. The van der Waals surface area contributed by atoms with Crippen molar-refractivity contribution >= 4 is 41.2 Å². The number of hydrogen-bond donors (Lipinski definition) is 4. The Bertz CT molecular complexity index is 623. The molecule has 2 aromatic rings. The zero-order valence-corrected chi connectivity index (χ0v) is 11.0. The predicted octanol–water partition coefficient (Wildman–Crippen LogP) is -0.541. The van der Waals surface area contributed by atoms with Gasteiger partial charge in [0, 0.05) is 6.92 Å². The Labute approximate surface area is 116 Å². The largest absolute Gasteiger partial charge is 0.368 e. The molecule has 0 atom stereocenters. The molecule has 0 saturated heterocycles. The third kappa shape index (κ3) is 3.68. The van der Waals surface area contributed by atoms with Crippen LogP contribution < -0.4 is 16.4 Å². The molecule has 0 unspecified atom stereocenters. The molecule has 5 N–H and O–H groups in total. The number of carbonyl (C=O) groups is 2. The number of nitrogen functional groups attached to an aromatic ring is 1. The number of anilines is 3. The smallest absolute Gasteiger partial charge is 0.236 e. The fourth-order valence-corrected chi connectivity index (χ4v) is 1.75. The van der Waals surface area contributed by atoms with Crippen molar-refractivity contribution < 1.29 is 14.2 Å². The van der Waals surface area contributed by atoms with Gasteiger partial charge in [-0.1, -0.05) is 11.8 Å². The van der Waals surface area contributed by atoms with Crippen molar-refractivity contribution in [1.29, 1.82) is 0 Å². The van der Waals surface area contributed by atoms with Gasteiger partial charge in [-0.15, -0.1) is 5.10 Å². The molecule has 106 valence electrons. The lowest BCUT2D eigenvalue weighted by Crippen LogP contribution is -2.16. The van der Waals surface area contributed by atoms with Crippen molar-refractivity contribution in [3.05, 3.63) is 0 Å². The van der Waals surface area contributed by atoms with Crippen LogP contribution >= 0.6 is 11.8 Å². The molecule has 2 aromatic heterocycles. The van der Waals surface area contributed by atoms with E-state index in [4.69, 9.17) is 5.73 Å². The summed E-state index contributed by atoms with van der Waals surface area (Å²) in [7, 11) is 0. The molecule has 12 heteroatoms. The average Bonchev–Trinajstić information content (AvgIpc) is 2.96. The van der Waals surface area contributed by atoms with Crippen molar-refractivity contribution in [1.82, 2.24) is 25.5 Å². The second kappa shape index (κ2) is 6.01. The number of thioether (sulfide) groups is 1. The molecule has 0 radical (unpaired) electrons. The fraction of sp³-hybridized carbons (Fsp3) is 0.250. The van der Waals surface area contributed by atoms with Crippen LogP contribution in [0.15, 0.2) is 9.79 Å². The number of aromatic amines is 1. The van der Waals surface area contributed by atoms with E-state index < -0.39 is 0 Å². The van der Waals surface area contributed by atoms with E-state index in [1.165, 1.54) is 6.92 Å². The summed E-state index contributed by atoms with van der Waals surface area (Å²) in [6, 6.07) is 0. The molecule has 2 rings (SSSR count). The minimum atomic E-state index is -0.388. The first kappa shape index (κ1) is 13.8. The number of nitrogens with two attached hydrogens (primary N) is 1. The maximum atomic E-state index is 11.7. The quantitative estimate of drug-likeness (QED) is 0.530. The van der Waals surface area contributed by atoms with Gasteiger partial charge < -0.3 is 16.4 Å². The first-order valence-electron chi connectivity index (χ1n) is 5.25. The van der Waals surface area contributed by atoms with Gasteiger partial charge in [0.25, 0.3) is 0 Å². The SMILES string of the molecule is CC(=O)Nc1nonc1NC(=O)CSc1n[nH]c(N)n1. The molecular formula is C8H10N8O3S. The van der Waals surface area contributed by atoms with Crippen molar-refractivity contribution in [3.8, 4) is 0 Å².